The van der Waals surface area contributed by atoms with E-state index >= 15 is 0 Å². The molecule has 5 heteroatoms. The number of aryl methyl sites for hydroxylation is 2. The first kappa shape index (κ1) is 15.9. The van der Waals surface area contributed by atoms with Gasteiger partial charge in [0.05, 0.1) is 5.60 Å². The van der Waals surface area contributed by atoms with Crippen LogP contribution in [0.1, 0.15) is 18.1 Å². The predicted octanol–water partition coefficient (Wildman–Crippen LogP) is 2.54. The monoisotopic (exact) mass is 282 g/mol. The van der Waals surface area contributed by atoms with Crippen molar-refractivity contribution in [3.05, 3.63) is 29.3 Å². The van der Waals surface area contributed by atoms with E-state index in [1.165, 1.54) is 0 Å². The molecule has 1 rings (SSSR count). The van der Waals surface area contributed by atoms with Crippen LogP contribution in [0.4, 0.5) is 10.5 Å². The lowest BCUT2D eigenvalue weighted by atomic mass is 10.1. The van der Waals surface area contributed by atoms with E-state index in [0.717, 1.165) is 16.8 Å². The molecule has 0 spiro atoms. The van der Waals surface area contributed by atoms with Crippen LogP contribution < -0.4 is 10.6 Å². The molecular weight excluding hydrogens is 260 g/mol. The third-order valence-electron chi connectivity index (χ3n) is 2.56. The minimum Gasteiger partial charge on any atom is -0.387 e. The molecule has 2 amide bonds. The zero-order chi connectivity index (χ0) is 14.5. The van der Waals surface area contributed by atoms with Crippen LogP contribution in [-0.4, -0.2) is 35.3 Å². The molecule has 1 atom stereocenters. The van der Waals surface area contributed by atoms with Crippen LogP contribution in [0.25, 0.3) is 0 Å². The summed E-state index contributed by atoms with van der Waals surface area (Å²) in [6.45, 7) is 5.91. The summed E-state index contributed by atoms with van der Waals surface area (Å²) in [6.07, 6.45) is 1.92. The van der Waals surface area contributed by atoms with Gasteiger partial charge in [0.25, 0.3) is 0 Å². The fourth-order valence-corrected chi connectivity index (χ4v) is 2.58. The van der Waals surface area contributed by atoms with Crippen molar-refractivity contribution >= 4 is 23.5 Å². The summed E-state index contributed by atoms with van der Waals surface area (Å²) in [4.78, 5) is 11.7. The molecule has 19 heavy (non-hydrogen) atoms. The van der Waals surface area contributed by atoms with Crippen LogP contribution in [0.5, 0.6) is 0 Å². The molecule has 0 unspecified atom stereocenters. The second-order valence-corrected chi connectivity index (χ2v) is 5.98. The van der Waals surface area contributed by atoms with Crippen LogP contribution in [0.15, 0.2) is 18.2 Å². The van der Waals surface area contributed by atoms with Crippen LogP contribution in [0, 0.1) is 13.8 Å². The number of amides is 2. The number of aliphatic hydroxyl groups is 1. The van der Waals surface area contributed by atoms with Gasteiger partial charge in [-0.3, -0.25) is 0 Å². The highest BCUT2D eigenvalue weighted by atomic mass is 32.2. The van der Waals surface area contributed by atoms with Gasteiger partial charge in [0, 0.05) is 18.0 Å². The third-order valence-corrected chi connectivity index (χ3v) is 3.48. The van der Waals surface area contributed by atoms with Gasteiger partial charge < -0.3 is 15.7 Å². The maximum Gasteiger partial charge on any atom is 0.319 e. The highest BCUT2D eigenvalue weighted by Gasteiger charge is 2.20. The van der Waals surface area contributed by atoms with Crippen molar-refractivity contribution in [3.8, 4) is 0 Å². The Balaban J connectivity index is 2.51. The third kappa shape index (κ3) is 5.98. The van der Waals surface area contributed by atoms with Crippen molar-refractivity contribution < 1.29 is 9.90 Å². The smallest absolute Gasteiger partial charge is 0.319 e. The van der Waals surface area contributed by atoms with Gasteiger partial charge in [0.2, 0.25) is 0 Å². The number of benzene rings is 1. The van der Waals surface area contributed by atoms with E-state index in [-0.39, 0.29) is 12.6 Å². The van der Waals surface area contributed by atoms with Crippen molar-refractivity contribution in [2.45, 2.75) is 26.4 Å². The first-order valence-corrected chi connectivity index (χ1v) is 7.56. The molecule has 1 aromatic rings. The molecule has 0 fully saturated rings. The van der Waals surface area contributed by atoms with E-state index in [9.17, 15) is 9.90 Å². The average Bonchev–Trinajstić information content (AvgIpc) is 2.25. The summed E-state index contributed by atoms with van der Waals surface area (Å²) in [5.41, 5.74) is 2.08. The Morgan fingerprint density at radius 1 is 1.32 bits per heavy atom. The van der Waals surface area contributed by atoms with E-state index in [0.29, 0.717) is 5.75 Å². The molecule has 4 nitrogen and oxygen atoms in total. The summed E-state index contributed by atoms with van der Waals surface area (Å²) in [7, 11) is 0. The van der Waals surface area contributed by atoms with Gasteiger partial charge in [0.1, 0.15) is 0 Å². The fraction of sp³-hybridized carbons (Fsp3) is 0.500. The summed E-state index contributed by atoms with van der Waals surface area (Å²) in [5, 5.41) is 15.4. The van der Waals surface area contributed by atoms with Crippen LogP contribution in [0.3, 0.4) is 0 Å². The second kappa shape index (κ2) is 6.82. The molecule has 0 bridgehead atoms. The number of anilines is 1. The Morgan fingerprint density at radius 2 is 1.89 bits per heavy atom. The number of hydrogen-bond acceptors (Lipinski definition) is 3. The number of hydrogen-bond donors (Lipinski definition) is 3. The van der Waals surface area contributed by atoms with E-state index in [1.54, 1.807) is 18.7 Å². The van der Waals surface area contributed by atoms with Gasteiger partial charge in [-0.05, 0) is 50.3 Å². The number of carbonyl (C=O) groups is 1. The van der Waals surface area contributed by atoms with Crippen molar-refractivity contribution in [1.29, 1.82) is 0 Å². The standard InChI is InChI=1S/C14H22N2O2S/c1-10-5-11(2)7-12(6-10)16-13(17)15-8-14(3,18)9-19-4/h5-7,18H,8-9H2,1-4H3,(H2,15,16,17)/t14-/m1/s1. The SMILES string of the molecule is CSC[C@](C)(O)CNC(=O)Nc1cc(C)cc(C)c1. The topological polar surface area (TPSA) is 61.4 Å². The average molecular weight is 282 g/mol. The summed E-state index contributed by atoms with van der Waals surface area (Å²) in [6, 6.07) is 5.57. The minimum atomic E-state index is -0.890. The molecule has 3 N–H and O–H groups in total. The molecule has 0 heterocycles. The first-order valence-electron chi connectivity index (χ1n) is 6.17. The lowest BCUT2D eigenvalue weighted by Gasteiger charge is -2.22. The number of thioether (sulfide) groups is 1. The Hall–Kier alpha value is -1.20. The fourth-order valence-electron chi connectivity index (χ4n) is 1.85. The molecule has 0 saturated heterocycles. The summed E-state index contributed by atoms with van der Waals surface area (Å²) >= 11 is 1.55. The number of urea groups is 1. The molecule has 0 saturated carbocycles. The number of rotatable bonds is 5. The highest BCUT2D eigenvalue weighted by Crippen LogP contribution is 2.14. The van der Waals surface area contributed by atoms with Crippen LogP contribution >= 0.6 is 11.8 Å². The Labute approximate surface area is 119 Å². The molecule has 106 valence electrons. The zero-order valence-electron chi connectivity index (χ0n) is 11.9. The quantitative estimate of drug-likeness (QED) is 0.778. The van der Waals surface area contributed by atoms with Gasteiger partial charge >= 0.3 is 6.03 Å². The molecule has 0 aliphatic heterocycles. The Bertz CT molecular complexity index is 427. The summed E-state index contributed by atoms with van der Waals surface area (Å²) < 4.78 is 0. The molecule has 0 aliphatic rings. The van der Waals surface area contributed by atoms with E-state index < -0.39 is 5.60 Å². The van der Waals surface area contributed by atoms with Gasteiger partial charge in [-0.2, -0.15) is 11.8 Å². The Morgan fingerprint density at radius 3 is 2.42 bits per heavy atom. The maximum absolute atomic E-state index is 11.7. The van der Waals surface area contributed by atoms with E-state index in [2.05, 4.69) is 10.6 Å². The van der Waals surface area contributed by atoms with Crippen molar-refractivity contribution in [1.82, 2.24) is 5.32 Å². The van der Waals surface area contributed by atoms with Gasteiger partial charge in [-0.25, -0.2) is 4.79 Å². The van der Waals surface area contributed by atoms with Crippen LogP contribution in [-0.2, 0) is 0 Å². The summed E-state index contributed by atoms with van der Waals surface area (Å²) in [5.74, 6) is 0.580. The normalized spacial score (nSPS) is 13.7. The minimum absolute atomic E-state index is 0.227. The zero-order valence-corrected chi connectivity index (χ0v) is 12.7. The predicted molar refractivity (Wildman–Crippen MR) is 81.9 cm³/mol. The first-order chi connectivity index (χ1) is 8.82. The van der Waals surface area contributed by atoms with Gasteiger partial charge in [-0.15, -0.1) is 0 Å². The maximum atomic E-state index is 11.7. The molecule has 0 aromatic heterocycles. The van der Waals surface area contributed by atoms with Gasteiger partial charge in [-0.1, -0.05) is 6.07 Å². The molecular formula is C14H22N2O2S. The van der Waals surface area contributed by atoms with Crippen molar-refractivity contribution in [3.63, 3.8) is 0 Å². The lowest BCUT2D eigenvalue weighted by Crippen LogP contribution is -2.43. The van der Waals surface area contributed by atoms with Crippen molar-refractivity contribution in [2.24, 2.45) is 0 Å². The van der Waals surface area contributed by atoms with Crippen molar-refractivity contribution in [2.75, 3.05) is 23.9 Å². The lowest BCUT2D eigenvalue weighted by molar-refractivity contribution is 0.0876. The Kier molecular flexibility index (Phi) is 5.69. The molecule has 0 aliphatic carbocycles. The number of nitrogens with one attached hydrogen (secondary N) is 2. The van der Waals surface area contributed by atoms with E-state index in [4.69, 9.17) is 0 Å². The molecule has 1 aromatic carbocycles. The second-order valence-electron chi connectivity index (χ2n) is 5.11. The highest BCUT2D eigenvalue weighted by molar-refractivity contribution is 7.98. The largest absolute Gasteiger partial charge is 0.387 e. The van der Waals surface area contributed by atoms with E-state index in [1.807, 2.05) is 38.3 Å². The van der Waals surface area contributed by atoms with Crippen LogP contribution in [0.2, 0.25) is 0 Å². The van der Waals surface area contributed by atoms with Gasteiger partial charge in [0.15, 0.2) is 0 Å². The number of carbonyl (C=O) groups excluding carboxylic acids is 1. The molecule has 0 radical (unpaired) electrons.